The number of carbonyl (C=O) groups is 1. The number of nitrogens with zero attached hydrogens (tertiary/aromatic N) is 2. The quantitative estimate of drug-likeness (QED) is 0.354. The molecular weight excluding hydrogens is 538 g/mol. The molecule has 0 fully saturated rings. The molecule has 8 nitrogen and oxygen atoms in total. The second-order valence-electron chi connectivity index (χ2n) is 9.74. The van der Waals surface area contributed by atoms with E-state index in [2.05, 4.69) is 5.32 Å². The molecule has 0 unspecified atom stereocenters. The Hall–Kier alpha value is -4.63. The van der Waals surface area contributed by atoms with Crippen LogP contribution in [0.3, 0.4) is 0 Å². The minimum Gasteiger partial charge on any atom is -0.497 e. The van der Waals surface area contributed by atoms with Crippen molar-refractivity contribution in [3.05, 3.63) is 114 Å². The van der Waals surface area contributed by atoms with Gasteiger partial charge in [0.2, 0.25) is 0 Å². The van der Waals surface area contributed by atoms with Crippen LogP contribution in [-0.2, 0) is 4.79 Å². The number of rotatable bonds is 7. The van der Waals surface area contributed by atoms with Gasteiger partial charge in [-0.1, -0.05) is 41.2 Å². The maximum absolute atomic E-state index is 14.0. The number of benzene rings is 3. The van der Waals surface area contributed by atoms with Crippen LogP contribution >= 0.6 is 11.3 Å². The Labute approximate surface area is 241 Å². The maximum Gasteiger partial charge on any atom is 0.271 e. The molecule has 210 valence electrons. The van der Waals surface area contributed by atoms with E-state index in [0.29, 0.717) is 49.1 Å². The highest BCUT2D eigenvalue weighted by Crippen LogP contribution is 2.32. The molecule has 0 radical (unpaired) electrons. The zero-order chi connectivity index (χ0) is 29.3. The van der Waals surface area contributed by atoms with E-state index < -0.39 is 6.04 Å². The van der Waals surface area contributed by atoms with E-state index in [9.17, 15) is 9.59 Å². The lowest BCUT2D eigenvalue weighted by molar-refractivity contribution is -0.113. The summed E-state index contributed by atoms with van der Waals surface area (Å²) in [4.78, 5) is 33.2. The van der Waals surface area contributed by atoms with Crippen molar-refractivity contribution >= 4 is 29.0 Å². The van der Waals surface area contributed by atoms with Gasteiger partial charge in [-0.2, -0.15) is 0 Å². The number of methoxy groups -OCH3 is 3. The number of ether oxygens (including phenoxy) is 3. The van der Waals surface area contributed by atoms with Crippen molar-refractivity contribution in [2.45, 2.75) is 26.8 Å². The largest absolute Gasteiger partial charge is 0.497 e. The fraction of sp³-hybridized carbons (Fsp3) is 0.219. The molecule has 3 aromatic carbocycles. The van der Waals surface area contributed by atoms with E-state index in [4.69, 9.17) is 19.2 Å². The summed E-state index contributed by atoms with van der Waals surface area (Å²) in [6, 6.07) is 17.9. The SMILES string of the molecule is COc1ccc([C@H]2C(C(=O)Nc3ccc(C)cc3C)=C(C)N=c3s/c(=C\c4cc(OC)ccc4OC)c(=O)n32)cc1. The maximum atomic E-state index is 14.0. The number of aromatic nitrogens is 1. The molecule has 41 heavy (non-hydrogen) atoms. The molecule has 2 heterocycles. The van der Waals surface area contributed by atoms with Gasteiger partial charge in [-0.3, -0.25) is 14.2 Å². The van der Waals surface area contributed by atoms with Crippen LogP contribution in [0.4, 0.5) is 5.69 Å². The van der Waals surface area contributed by atoms with Gasteiger partial charge in [0, 0.05) is 11.3 Å². The van der Waals surface area contributed by atoms with Crippen LogP contribution < -0.4 is 34.4 Å². The Bertz CT molecular complexity index is 1850. The van der Waals surface area contributed by atoms with Gasteiger partial charge < -0.3 is 19.5 Å². The monoisotopic (exact) mass is 569 g/mol. The fourth-order valence-electron chi connectivity index (χ4n) is 4.95. The highest BCUT2D eigenvalue weighted by Gasteiger charge is 2.32. The van der Waals surface area contributed by atoms with E-state index in [0.717, 1.165) is 16.7 Å². The van der Waals surface area contributed by atoms with E-state index in [1.807, 2.05) is 62.4 Å². The number of nitrogens with one attached hydrogen (secondary N) is 1. The van der Waals surface area contributed by atoms with Gasteiger partial charge in [0.25, 0.3) is 11.5 Å². The summed E-state index contributed by atoms with van der Waals surface area (Å²) in [6.45, 7) is 5.76. The Morgan fingerprint density at radius 3 is 2.29 bits per heavy atom. The summed E-state index contributed by atoms with van der Waals surface area (Å²) >= 11 is 1.26. The summed E-state index contributed by atoms with van der Waals surface area (Å²) in [7, 11) is 4.76. The molecule has 1 amide bonds. The van der Waals surface area contributed by atoms with Gasteiger partial charge in [0.05, 0.1) is 43.2 Å². The zero-order valence-electron chi connectivity index (χ0n) is 23.8. The number of anilines is 1. The third kappa shape index (κ3) is 5.40. The van der Waals surface area contributed by atoms with Crippen molar-refractivity contribution in [2.24, 2.45) is 4.99 Å². The van der Waals surface area contributed by atoms with Crippen LogP contribution in [0.1, 0.15) is 35.2 Å². The van der Waals surface area contributed by atoms with Crippen LogP contribution in [-0.4, -0.2) is 31.8 Å². The van der Waals surface area contributed by atoms with Gasteiger partial charge in [0.15, 0.2) is 4.80 Å². The number of hydrogen-bond acceptors (Lipinski definition) is 7. The van der Waals surface area contributed by atoms with Gasteiger partial charge >= 0.3 is 0 Å². The smallest absolute Gasteiger partial charge is 0.271 e. The number of thiazole rings is 1. The van der Waals surface area contributed by atoms with Crippen molar-refractivity contribution in [2.75, 3.05) is 26.6 Å². The Balaban J connectivity index is 1.68. The molecule has 1 aliphatic rings. The van der Waals surface area contributed by atoms with Crippen molar-refractivity contribution < 1.29 is 19.0 Å². The zero-order valence-corrected chi connectivity index (χ0v) is 24.6. The van der Waals surface area contributed by atoms with Crippen LogP contribution in [0.2, 0.25) is 0 Å². The third-order valence-corrected chi connectivity index (χ3v) is 8.03. The Kier molecular flexibility index (Phi) is 7.81. The average molecular weight is 570 g/mol. The number of carbonyl (C=O) groups excluding carboxylic acids is 1. The topological polar surface area (TPSA) is 91.2 Å². The summed E-state index contributed by atoms with van der Waals surface area (Å²) in [6.07, 6.45) is 1.77. The number of fused-ring (bicyclic) bond motifs is 1. The molecule has 1 atom stereocenters. The van der Waals surface area contributed by atoms with Gasteiger partial charge in [-0.05, 0) is 74.4 Å². The van der Waals surface area contributed by atoms with E-state index in [1.54, 1.807) is 51.0 Å². The van der Waals surface area contributed by atoms with Crippen LogP contribution in [0, 0.1) is 13.8 Å². The van der Waals surface area contributed by atoms with Gasteiger partial charge in [-0.15, -0.1) is 0 Å². The number of amides is 1. The van der Waals surface area contributed by atoms with Gasteiger partial charge in [-0.25, -0.2) is 4.99 Å². The van der Waals surface area contributed by atoms with Crippen molar-refractivity contribution in [1.82, 2.24) is 4.57 Å². The number of aryl methyl sites for hydroxylation is 2. The highest BCUT2D eigenvalue weighted by atomic mass is 32.1. The second-order valence-corrected chi connectivity index (χ2v) is 10.7. The van der Waals surface area contributed by atoms with Crippen LogP contribution in [0.5, 0.6) is 17.2 Å². The first kappa shape index (κ1) is 27.9. The Morgan fingerprint density at radius 1 is 0.927 bits per heavy atom. The Morgan fingerprint density at radius 2 is 1.63 bits per heavy atom. The second kappa shape index (κ2) is 11.5. The minimum atomic E-state index is -0.697. The minimum absolute atomic E-state index is 0.260. The summed E-state index contributed by atoms with van der Waals surface area (Å²) in [5.74, 6) is 1.60. The lowest BCUT2D eigenvalue weighted by Gasteiger charge is -2.25. The van der Waals surface area contributed by atoms with E-state index in [1.165, 1.54) is 11.3 Å². The van der Waals surface area contributed by atoms with E-state index >= 15 is 0 Å². The third-order valence-electron chi connectivity index (χ3n) is 7.05. The molecule has 0 saturated carbocycles. The first-order valence-electron chi connectivity index (χ1n) is 13.0. The molecule has 0 bridgehead atoms. The van der Waals surface area contributed by atoms with Crippen molar-refractivity contribution in [3.63, 3.8) is 0 Å². The normalized spacial score (nSPS) is 14.8. The molecule has 0 saturated heterocycles. The molecule has 5 rings (SSSR count). The average Bonchev–Trinajstić information content (AvgIpc) is 3.27. The lowest BCUT2D eigenvalue weighted by atomic mass is 9.95. The molecule has 1 N–H and O–H groups in total. The van der Waals surface area contributed by atoms with Crippen molar-refractivity contribution in [3.8, 4) is 17.2 Å². The summed E-state index contributed by atoms with van der Waals surface area (Å²) in [5.41, 5.74) is 4.89. The summed E-state index contributed by atoms with van der Waals surface area (Å²) < 4.78 is 18.3. The number of hydrogen-bond donors (Lipinski definition) is 1. The first-order valence-corrected chi connectivity index (χ1v) is 13.8. The molecular formula is C32H31N3O5S. The molecule has 0 aliphatic carbocycles. The molecule has 1 aliphatic heterocycles. The number of allylic oxidation sites excluding steroid dienone is 1. The highest BCUT2D eigenvalue weighted by molar-refractivity contribution is 7.07. The molecule has 1 aromatic heterocycles. The van der Waals surface area contributed by atoms with Crippen LogP contribution in [0.25, 0.3) is 6.08 Å². The van der Waals surface area contributed by atoms with E-state index in [-0.39, 0.29) is 11.5 Å². The predicted molar refractivity (Wildman–Crippen MR) is 161 cm³/mol. The predicted octanol–water partition coefficient (Wildman–Crippen LogP) is 4.52. The fourth-order valence-corrected chi connectivity index (χ4v) is 5.99. The standard InChI is InChI=1S/C32H31N3O5S/c1-18-7-13-25(19(2)15-18)34-30(36)28-20(3)33-32-35(29(28)21-8-10-23(38-4)11-9-21)31(37)27(41-32)17-22-16-24(39-5)12-14-26(22)40-6/h7-17,29H,1-6H3,(H,34,36)/b27-17-/t29-/m0/s1. The summed E-state index contributed by atoms with van der Waals surface area (Å²) in [5, 5.41) is 3.05. The lowest BCUT2D eigenvalue weighted by Crippen LogP contribution is -2.40. The van der Waals surface area contributed by atoms with Crippen molar-refractivity contribution in [1.29, 1.82) is 0 Å². The molecule has 9 heteroatoms. The van der Waals surface area contributed by atoms with Crippen LogP contribution in [0.15, 0.2) is 81.7 Å². The van der Waals surface area contributed by atoms with Gasteiger partial charge in [0.1, 0.15) is 17.2 Å². The first-order chi connectivity index (χ1) is 19.7. The molecule has 0 spiro atoms. The molecule has 4 aromatic rings.